The highest BCUT2D eigenvalue weighted by Crippen LogP contribution is 2.35. The Kier molecular flexibility index (Phi) is 5.29. The topological polar surface area (TPSA) is 89.1 Å². The standard InChI is InChI=1S/C25H22N4O3/c1-16(30)28-24-13-21(9-10-26-24)32-20-7-8-23-18(12-20)11-19(15-31-23)25-27-14-22(29-25)17-5-3-2-4-6-17/h2-10,12-14,19H,11,15H2,1H3,(H,27,29)(H,26,28,30)/t19-/m1/s1. The van der Waals surface area contributed by atoms with E-state index in [2.05, 4.69) is 15.3 Å². The molecule has 1 aliphatic rings. The highest BCUT2D eigenvalue weighted by molar-refractivity contribution is 5.87. The van der Waals surface area contributed by atoms with Gasteiger partial charge in [-0.25, -0.2) is 9.97 Å². The van der Waals surface area contributed by atoms with Gasteiger partial charge in [0.25, 0.3) is 0 Å². The van der Waals surface area contributed by atoms with Gasteiger partial charge in [0.15, 0.2) is 0 Å². The van der Waals surface area contributed by atoms with E-state index in [1.165, 1.54) is 6.92 Å². The highest BCUT2D eigenvalue weighted by Gasteiger charge is 2.24. The summed E-state index contributed by atoms with van der Waals surface area (Å²) in [5, 5.41) is 2.66. The minimum Gasteiger partial charge on any atom is -0.493 e. The van der Waals surface area contributed by atoms with E-state index in [-0.39, 0.29) is 11.8 Å². The molecule has 1 atom stereocenters. The van der Waals surface area contributed by atoms with E-state index in [1.54, 1.807) is 18.3 Å². The van der Waals surface area contributed by atoms with Crippen molar-refractivity contribution >= 4 is 11.7 Å². The molecular formula is C25H22N4O3. The first-order chi connectivity index (χ1) is 15.6. The molecule has 0 fully saturated rings. The number of anilines is 1. The number of nitrogens with zero attached hydrogens (tertiary/aromatic N) is 2. The van der Waals surface area contributed by atoms with Crippen molar-refractivity contribution in [3.8, 4) is 28.5 Å². The monoisotopic (exact) mass is 426 g/mol. The van der Waals surface area contributed by atoms with Gasteiger partial charge in [0.1, 0.15) is 28.9 Å². The van der Waals surface area contributed by atoms with Crippen molar-refractivity contribution in [2.75, 3.05) is 11.9 Å². The first-order valence-corrected chi connectivity index (χ1v) is 10.4. The number of H-pyrrole nitrogens is 1. The second-order valence-corrected chi connectivity index (χ2v) is 7.68. The summed E-state index contributed by atoms with van der Waals surface area (Å²) in [5.41, 5.74) is 3.07. The van der Waals surface area contributed by atoms with Crippen molar-refractivity contribution in [1.82, 2.24) is 15.0 Å². The van der Waals surface area contributed by atoms with E-state index in [4.69, 9.17) is 14.5 Å². The first-order valence-electron chi connectivity index (χ1n) is 10.4. The molecule has 5 rings (SSSR count). The molecule has 160 valence electrons. The third kappa shape index (κ3) is 4.32. The number of fused-ring (bicyclic) bond motifs is 1. The van der Waals surface area contributed by atoms with Gasteiger partial charge in [0, 0.05) is 30.9 Å². The molecule has 1 amide bonds. The van der Waals surface area contributed by atoms with Crippen molar-refractivity contribution in [2.45, 2.75) is 19.3 Å². The molecule has 0 spiro atoms. The summed E-state index contributed by atoms with van der Waals surface area (Å²) >= 11 is 0. The Balaban J connectivity index is 1.32. The SMILES string of the molecule is CC(=O)Nc1cc(Oc2ccc3c(c2)C[C@@H](c2nc(-c4ccccc4)c[nH]2)CO3)ccn1. The maximum absolute atomic E-state index is 11.3. The Morgan fingerprint density at radius 1 is 1.12 bits per heavy atom. The molecule has 7 nitrogen and oxygen atoms in total. The Labute approximate surface area is 185 Å². The maximum atomic E-state index is 11.3. The molecule has 2 aromatic carbocycles. The van der Waals surface area contributed by atoms with E-state index in [9.17, 15) is 4.79 Å². The summed E-state index contributed by atoms with van der Waals surface area (Å²) in [6, 6.07) is 19.3. The largest absolute Gasteiger partial charge is 0.493 e. The van der Waals surface area contributed by atoms with Crippen molar-refractivity contribution < 1.29 is 14.3 Å². The Morgan fingerprint density at radius 3 is 2.81 bits per heavy atom. The molecule has 1 aliphatic heterocycles. The molecule has 2 aromatic heterocycles. The number of hydrogen-bond acceptors (Lipinski definition) is 5. The van der Waals surface area contributed by atoms with Crippen LogP contribution >= 0.6 is 0 Å². The van der Waals surface area contributed by atoms with E-state index < -0.39 is 0 Å². The van der Waals surface area contributed by atoms with Gasteiger partial charge in [-0.15, -0.1) is 0 Å². The number of amides is 1. The number of pyridine rings is 1. The van der Waals surface area contributed by atoms with Crippen LogP contribution in [0.25, 0.3) is 11.3 Å². The van der Waals surface area contributed by atoms with Crippen LogP contribution in [0.3, 0.4) is 0 Å². The fourth-order valence-electron chi connectivity index (χ4n) is 3.77. The number of benzene rings is 2. The third-order valence-corrected chi connectivity index (χ3v) is 5.26. The van der Waals surface area contributed by atoms with E-state index in [0.29, 0.717) is 23.9 Å². The Bertz CT molecular complexity index is 1250. The van der Waals surface area contributed by atoms with Crippen LogP contribution < -0.4 is 14.8 Å². The van der Waals surface area contributed by atoms with Gasteiger partial charge in [0.2, 0.25) is 5.91 Å². The predicted molar refractivity (Wildman–Crippen MR) is 121 cm³/mol. The number of ether oxygens (including phenoxy) is 2. The van der Waals surface area contributed by atoms with Gasteiger partial charge in [-0.1, -0.05) is 30.3 Å². The average Bonchev–Trinajstić information content (AvgIpc) is 3.29. The highest BCUT2D eigenvalue weighted by atomic mass is 16.5. The fraction of sp³-hybridized carbons (Fsp3) is 0.160. The second-order valence-electron chi connectivity index (χ2n) is 7.68. The Morgan fingerprint density at radius 2 is 1.97 bits per heavy atom. The van der Waals surface area contributed by atoms with Crippen molar-refractivity contribution in [2.24, 2.45) is 0 Å². The zero-order valence-electron chi connectivity index (χ0n) is 17.5. The van der Waals surface area contributed by atoms with Gasteiger partial charge in [-0.3, -0.25) is 4.79 Å². The number of carbonyl (C=O) groups excluding carboxylic acids is 1. The molecule has 0 radical (unpaired) electrons. The summed E-state index contributed by atoms with van der Waals surface area (Å²) in [7, 11) is 0. The van der Waals surface area contributed by atoms with Crippen LogP contribution in [0.1, 0.15) is 24.2 Å². The molecule has 0 saturated heterocycles. The van der Waals surface area contributed by atoms with Crippen LogP contribution in [0.2, 0.25) is 0 Å². The lowest BCUT2D eigenvalue weighted by Crippen LogP contribution is -2.20. The zero-order chi connectivity index (χ0) is 21.9. The Hall–Kier alpha value is -4.13. The number of carbonyl (C=O) groups is 1. The van der Waals surface area contributed by atoms with Crippen molar-refractivity contribution in [1.29, 1.82) is 0 Å². The lowest BCUT2D eigenvalue weighted by atomic mass is 9.96. The molecule has 2 N–H and O–H groups in total. The van der Waals surface area contributed by atoms with Gasteiger partial charge < -0.3 is 19.8 Å². The third-order valence-electron chi connectivity index (χ3n) is 5.26. The number of hydrogen-bond donors (Lipinski definition) is 2. The number of aromatic amines is 1. The molecule has 7 heteroatoms. The zero-order valence-corrected chi connectivity index (χ0v) is 17.5. The van der Waals surface area contributed by atoms with Crippen LogP contribution in [0.5, 0.6) is 17.2 Å². The lowest BCUT2D eigenvalue weighted by Gasteiger charge is -2.24. The van der Waals surface area contributed by atoms with E-state index >= 15 is 0 Å². The lowest BCUT2D eigenvalue weighted by molar-refractivity contribution is -0.114. The maximum Gasteiger partial charge on any atom is 0.222 e. The van der Waals surface area contributed by atoms with Crippen LogP contribution in [-0.4, -0.2) is 27.5 Å². The molecule has 0 aliphatic carbocycles. The molecule has 0 unspecified atom stereocenters. The van der Waals surface area contributed by atoms with Gasteiger partial charge in [-0.05, 0) is 36.2 Å². The fourth-order valence-corrected chi connectivity index (χ4v) is 3.77. The number of aromatic nitrogens is 3. The molecule has 3 heterocycles. The molecule has 0 bridgehead atoms. The van der Waals surface area contributed by atoms with Crippen LogP contribution in [-0.2, 0) is 11.2 Å². The quantitative estimate of drug-likeness (QED) is 0.472. The summed E-state index contributed by atoms with van der Waals surface area (Å²) in [4.78, 5) is 23.5. The van der Waals surface area contributed by atoms with Crippen LogP contribution in [0.15, 0.2) is 73.1 Å². The molecule has 32 heavy (non-hydrogen) atoms. The summed E-state index contributed by atoms with van der Waals surface area (Å²) in [6.07, 6.45) is 4.33. The second kappa shape index (κ2) is 8.55. The number of rotatable bonds is 5. The normalized spacial score (nSPS) is 14.8. The predicted octanol–water partition coefficient (Wildman–Crippen LogP) is 4.94. The van der Waals surface area contributed by atoms with Crippen LogP contribution in [0.4, 0.5) is 5.82 Å². The summed E-state index contributed by atoms with van der Waals surface area (Å²) < 4.78 is 12.0. The van der Waals surface area contributed by atoms with Crippen molar-refractivity contribution in [3.63, 3.8) is 0 Å². The van der Waals surface area contributed by atoms with Gasteiger partial charge >= 0.3 is 0 Å². The molecule has 4 aromatic rings. The smallest absolute Gasteiger partial charge is 0.222 e. The molecule has 0 saturated carbocycles. The van der Waals surface area contributed by atoms with Gasteiger partial charge in [0.05, 0.1) is 18.2 Å². The van der Waals surface area contributed by atoms with Gasteiger partial charge in [-0.2, -0.15) is 0 Å². The minimum atomic E-state index is -0.181. The number of imidazole rings is 1. The van der Waals surface area contributed by atoms with Crippen molar-refractivity contribution in [3.05, 3.63) is 84.4 Å². The minimum absolute atomic E-state index is 0.127. The average molecular weight is 426 g/mol. The van der Waals surface area contributed by atoms with E-state index in [1.807, 2.05) is 54.7 Å². The van der Waals surface area contributed by atoms with Crippen LogP contribution in [0, 0.1) is 0 Å². The molecular weight excluding hydrogens is 404 g/mol. The van der Waals surface area contributed by atoms with E-state index in [0.717, 1.165) is 34.8 Å². The number of nitrogens with one attached hydrogen (secondary N) is 2. The first kappa shape index (κ1) is 19.8. The summed E-state index contributed by atoms with van der Waals surface area (Å²) in [5.74, 6) is 3.45. The summed E-state index contributed by atoms with van der Waals surface area (Å²) in [6.45, 7) is 2.01.